The molecule has 0 heterocycles. The molecular formula is C11H23BrO2S. The van der Waals surface area contributed by atoms with Gasteiger partial charge >= 0.3 is 0 Å². The van der Waals surface area contributed by atoms with E-state index in [-0.39, 0.29) is 0 Å². The Morgan fingerprint density at radius 1 is 1.13 bits per heavy atom. The Kier molecular flexibility index (Phi) is 7.09. The van der Waals surface area contributed by atoms with Gasteiger partial charge in [-0.25, -0.2) is 8.42 Å². The summed E-state index contributed by atoms with van der Waals surface area (Å²) in [6, 6.07) is 0. The summed E-state index contributed by atoms with van der Waals surface area (Å²) in [6.45, 7) is 8.30. The molecule has 0 aliphatic rings. The zero-order valence-corrected chi connectivity index (χ0v) is 12.6. The molecule has 0 radical (unpaired) electrons. The number of rotatable bonds is 7. The molecule has 0 aromatic carbocycles. The maximum absolute atomic E-state index is 11.6. The van der Waals surface area contributed by atoms with Crippen LogP contribution in [-0.4, -0.2) is 24.8 Å². The molecular weight excluding hydrogens is 276 g/mol. The predicted molar refractivity (Wildman–Crippen MR) is 70.3 cm³/mol. The van der Waals surface area contributed by atoms with Gasteiger partial charge in [-0.1, -0.05) is 43.6 Å². The second kappa shape index (κ2) is 6.89. The fraction of sp³-hybridized carbons (Fsp3) is 1.00. The van der Waals surface area contributed by atoms with Crippen molar-refractivity contribution in [1.82, 2.24) is 0 Å². The SMILES string of the molecule is CCCS(=O)(=O)CCC(C(C)C)C(C)Br. The van der Waals surface area contributed by atoms with Crippen molar-refractivity contribution in [3.8, 4) is 0 Å². The molecule has 0 aromatic rings. The van der Waals surface area contributed by atoms with Crippen LogP contribution in [0.2, 0.25) is 0 Å². The van der Waals surface area contributed by atoms with Gasteiger partial charge in [0.05, 0.1) is 5.75 Å². The second-order valence-corrected chi connectivity index (χ2v) is 8.27. The fourth-order valence-corrected chi connectivity index (χ4v) is 4.15. The first-order valence-electron chi connectivity index (χ1n) is 5.64. The van der Waals surface area contributed by atoms with Crippen molar-refractivity contribution in [2.45, 2.75) is 45.4 Å². The van der Waals surface area contributed by atoms with Gasteiger partial charge in [0.15, 0.2) is 0 Å². The maximum Gasteiger partial charge on any atom is 0.150 e. The van der Waals surface area contributed by atoms with Crippen molar-refractivity contribution in [3.05, 3.63) is 0 Å². The van der Waals surface area contributed by atoms with E-state index in [1.54, 1.807) is 0 Å². The summed E-state index contributed by atoms with van der Waals surface area (Å²) >= 11 is 3.55. The third kappa shape index (κ3) is 6.56. The molecule has 0 amide bonds. The van der Waals surface area contributed by atoms with E-state index in [1.807, 2.05) is 6.92 Å². The second-order valence-electron chi connectivity index (χ2n) is 4.53. The molecule has 0 spiro atoms. The standard InChI is InChI=1S/C11H23BrO2S/c1-5-7-15(13,14)8-6-11(9(2)3)10(4)12/h9-11H,5-8H2,1-4H3. The van der Waals surface area contributed by atoms with E-state index in [9.17, 15) is 8.42 Å². The van der Waals surface area contributed by atoms with Crippen molar-refractivity contribution in [3.63, 3.8) is 0 Å². The van der Waals surface area contributed by atoms with Crippen molar-refractivity contribution in [2.24, 2.45) is 11.8 Å². The van der Waals surface area contributed by atoms with Gasteiger partial charge in [-0.15, -0.1) is 0 Å². The topological polar surface area (TPSA) is 34.1 Å². The van der Waals surface area contributed by atoms with Crippen LogP contribution < -0.4 is 0 Å². The summed E-state index contributed by atoms with van der Waals surface area (Å²) in [7, 11) is -2.81. The fourth-order valence-electron chi connectivity index (χ4n) is 1.82. The van der Waals surface area contributed by atoms with E-state index in [1.165, 1.54) is 0 Å². The van der Waals surface area contributed by atoms with E-state index >= 15 is 0 Å². The molecule has 2 nitrogen and oxygen atoms in total. The molecule has 0 aromatic heterocycles. The van der Waals surface area contributed by atoms with Crippen LogP contribution >= 0.6 is 15.9 Å². The minimum absolute atomic E-state index is 0.328. The van der Waals surface area contributed by atoms with E-state index < -0.39 is 9.84 Å². The largest absolute Gasteiger partial charge is 0.229 e. The first kappa shape index (κ1) is 15.4. The molecule has 0 aliphatic heterocycles. The number of halogens is 1. The minimum atomic E-state index is -2.81. The van der Waals surface area contributed by atoms with E-state index in [0.717, 1.165) is 12.8 Å². The molecule has 0 fully saturated rings. The lowest BCUT2D eigenvalue weighted by atomic mass is 9.91. The van der Waals surface area contributed by atoms with Gasteiger partial charge in [-0.3, -0.25) is 0 Å². The molecule has 15 heavy (non-hydrogen) atoms. The van der Waals surface area contributed by atoms with Crippen LogP contribution in [0.5, 0.6) is 0 Å². The Bertz CT molecular complexity index is 250. The van der Waals surface area contributed by atoms with Gasteiger partial charge in [0, 0.05) is 10.6 Å². The van der Waals surface area contributed by atoms with Gasteiger partial charge in [-0.05, 0) is 24.7 Å². The van der Waals surface area contributed by atoms with Crippen LogP contribution in [0.15, 0.2) is 0 Å². The van der Waals surface area contributed by atoms with Gasteiger partial charge in [-0.2, -0.15) is 0 Å². The summed E-state index contributed by atoms with van der Waals surface area (Å²) < 4.78 is 23.1. The van der Waals surface area contributed by atoms with Crippen molar-refractivity contribution in [2.75, 3.05) is 11.5 Å². The molecule has 0 bridgehead atoms. The lowest BCUT2D eigenvalue weighted by Gasteiger charge is -2.23. The number of hydrogen-bond acceptors (Lipinski definition) is 2. The van der Waals surface area contributed by atoms with Crippen molar-refractivity contribution in [1.29, 1.82) is 0 Å². The quantitative estimate of drug-likeness (QED) is 0.676. The summed E-state index contributed by atoms with van der Waals surface area (Å²) in [5.41, 5.74) is 0. The highest BCUT2D eigenvalue weighted by molar-refractivity contribution is 9.09. The molecule has 0 N–H and O–H groups in total. The third-order valence-corrected chi connectivity index (χ3v) is 5.29. The summed E-state index contributed by atoms with van der Waals surface area (Å²) in [4.78, 5) is 0.384. The molecule has 4 heteroatoms. The Labute approximate surface area is 103 Å². The van der Waals surface area contributed by atoms with E-state index in [0.29, 0.717) is 28.2 Å². The Hall–Kier alpha value is 0.430. The molecule has 92 valence electrons. The summed E-state index contributed by atoms with van der Waals surface area (Å²) in [5.74, 6) is 1.63. The average molecular weight is 299 g/mol. The van der Waals surface area contributed by atoms with Crippen molar-refractivity contribution >= 4 is 25.8 Å². The summed E-state index contributed by atoms with van der Waals surface area (Å²) in [5, 5.41) is 0. The molecule has 2 unspecified atom stereocenters. The molecule has 2 atom stereocenters. The van der Waals surface area contributed by atoms with Gasteiger partial charge < -0.3 is 0 Å². The van der Waals surface area contributed by atoms with Crippen LogP contribution in [0, 0.1) is 11.8 Å². The van der Waals surface area contributed by atoms with Crippen LogP contribution in [0.3, 0.4) is 0 Å². The average Bonchev–Trinajstić information content (AvgIpc) is 2.01. The molecule has 0 rings (SSSR count). The van der Waals surface area contributed by atoms with Gasteiger partial charge in [0.25, 0.3) is 0 Å². The normalized spacial score (nSPS) is 16.7. The number of hydrogen-bond donors (Lipinski definition) is 0. The Morgan fingerprint density at radius 2 is 1.67 bits per heavy atom. The number of alkyl halides is 1. The first-order chi connectivity index (χ1) is 6.80. The van der Waals surface area contributed by atoms with Crippen LogP contribution in [0.1, 0.15) is 40.5 Å². The minimum Gasteiger partial charge on any atom is -0.229 e. The number of sulfone groups is 1. The van der Waals surface area contributed by atoms with Gasteiger partial charge in [0.1, 0.15) is 9.84 Å². The van der Waals surface area contributed by atoms with Crippen LogP contribution in [-0.2, 0) is 9.84 Å². The van der Waals surface area contributed by atoms with Gasteiger partial charge in [0.2, 0.25) is 0 Å². The summed E-state index contributed by atoms with van der Waals surface area (Å²) in [6.07, 6.45) is 1.49. The zero-order chi connectivity index (χ0) is 12.1. The highest BCUT2D eigenvalue weighted by atomic mass is 79.9. The highest BCUT2D eigenvalue weighted by Gasteiger charge is 2.21. The van der Waals surface area contributed by atoms with E-state index in [4.69, 9.17) is 0 Å². The van der Waals surface area contributed by atoms with Crippen molar-refractivity contribution < 1.29 is 8.42 Å². The third-order valence-electron chi connectivity index (χ3n) is 2.72. The highest BCUT2D eigenvalue weighted by Crippen LogP contribution is 2.25. The van der Waals surface area contributed by atoms with Crippen LogP contribution in [0.25, 0.3) is 0 Å². The Balaban J connectivity index is 4.22. The molecule has 0 aliphatic carbocycles. The molecule has 0 saturated heterocycles. The monoisotopic (exact) mass is 298 g/mol. The maximum atomic E-state index is 11.6. The lowest BCUT2D eigenvalue weighted by molar-refractivity contribution is 0.375. The Morgan fingerprint density at radius 3 is 2.00 bits per heavy atom. The predicted octanol–water partition coefficient (Wildman–Crippen LogP) is 3.26. The zero-order valence-electron chi connectivity index (χ0n) is 10.2. The van der Waals surface area contributed by atoms with E-state index in [2.05, 4.69) is 36.7 Å². The molecule has 0 saturated carbocycles. The first-order valence-corrected chi connectivity index (χ1v) is 8.38. The smallest absolute Gasteiger partial charge is 0.150 e. The lowest BCUT2D eigenvalue weighted by Crippen LogP contribution is -2.22. The van der Waals surface area contributed by atoms with Crippen LogP contribution in [0.4, 0.5) is 0 Å².